The SMILES string of the molecule is CCCn1cnc2cc(CNC(=O)Cc3c(Cl)cccc3Cl)ccc21. The summed E-state index contributed by atoms with van der Waals surface area (Å²) in [5, 5.41) is 3.92. The summed E-state index contributed by atoms with van der Waals surface area (Å²) >= 11 is 12.2. The second-order valence-electron chi connectivity index (χ2n) is 5.91. The van der Waals surface area contributed by atoms with E-state index in [4.69, 9.17) is 23.2 Å². The average Bonchev–Trinajstić information content (AvgIpc) is 2.99. The molecule has 0 bridgehead atoms. The van der Waals surface area contributed by atoms with Crippen LogP contribution in [-0.2, 0) is 24.3 Å². The molecule has 2 aromatic carbocycles. The van der Waals surface area contributed by atoms with Crippen molar-refractivity contribution in [3.8, 4) is 0 Å². The van der Waals surface area contributed by atoms with Gasteiger partial charge in [0.2, 0.25) is 5.91 Å². The molecule has 0 aliphatic carbocycles. The Labute approximate surface area is 156 Å². The number of amides is 1. The predicted molar refractivity (Wildman–Crippen MR) is 102 cm³/mol. The van der Waals surface area contributed by atoms with E-state index in [-0.39, 0.29) is 12.3 Å². The monoisotopic (exact) mass is 375 g/mol. The Morgan fingerprint density at radius 1 is 1.20 bits per heavy atom. The van der Waals surface area contributed by atoms with E-state index in [1.807, 2.05) is 24.5 Å². The maximum Gasteiger partial charge on any atom is 0.224 e. The first-order chi connectivity index (χ1) is 12.1. The molecule has 0 atom stereocenters. The van der Waals surface area contributed by atoms with E-state index in [0.717, 1.165) is 29.6 Å². The zero-order chi connectivity index (χ0) is 17.8. The minimum Gasteiger partial charge on any atom is -0.352 e. The third-order valence-electron chi connectivity index (χ3n) is 4.04. The van der Waals surface area contributed by atoms with Crippen molar-refractivity contribution >= 4 is 40.1 Å². The number of nitrogens with one attached hydrogen (secondary N) is 1. The Hall–Kier alpha value is -2.04. The number of aromatic nitrogens is 2. The molecule has 1 N–H and O–H groups in total. The zero-order valence-corrected chi connectivity index (χ0v) is 15.4. The van der Waals surface area contributed by atoms with Crippen LogP contribution >= 0.6 is 23.2 Å². The second-order valence-corrected chi connectivity index (χ2v) is 6.73. The fourth-order valence-electron chi connectivity index (χ4n) is 2.76. The largest absolute Gasteiger partial charge is 0.352 e. The molecule has 0 fully saturated rings. The molecule has 0 aliphatic heterocycles. The smallest absolute Gasteiger partial charge is 0.224 e. The molecule has 6 heteroatoms. The van der Waals surface area contributed by atoms with Crippen molar-refractivity contribution in [1.82, 2.24) is 14.9 Å². The van der Waals surface area contributed by atoms with Gasteiger partial charge in [0.1, 0.15) is 0 Å². The molecule has 3 rings (SSSR count). The van der Waals surface area contributed by atoms with Gasteiger partial charge in [-0.3, -0.25) is 4.79 Å². The summed E-state index contributed by atoms with van der Waals surface area (Å²) in [6.07, 6.45) is 3.08. The maximum atomic E-state index is 12.2. The fourth-order valence-corrected chi connectivity index (χ4v) is 3.29. The summed E-state index contributed by atoms with van der Waals surface area (Å²) in [5.41, 5.74) is 3.71. The fraction of sp³-hybridized carbons (Fsp3) is 0.263. The third-order valence-corrected chi connectivity index (χ3v) is 4.75. The van der Waals surface area contributed by atoms with Crippen LogP contribution in [0.1, 0.15) is 24.5 Å². The van der Waals surface area contributed by atoms with Crippen LogP contribution in [0.15, 0.2) is 42.7 Å². The van der Waals surface area contributed by atoms with Gasteiger partial charge in [0, 0.05) is 23.1 Å². The average molecular weight is 376 g/mol. The molecule has 130 valence electrons. The molecule has 0 saturated carbocycles. The normalized spacial score (nSPS) is 11.0. The van der Waals surface area contributed by atoms with E-state index in [1.54, 1.807) is 18.2 Å². The van der Waals surface area contributed by atoms with Crippen LogP contribution in [0.4, 0.5) is 0 Å². The van der Waals surface area contributed by atoms with Gasteiger partial charge in [-0.2, -0.15) is 0 Å². The summed E-state index contributed by atoms with van der Waals surface area (Å²) in [6.45, 7) is 3.53. The molecule has 0 aliphatic rings. The highest BCUT2D eigenvalue weighted by molar-refractivity contribution is 6.36. The predicted octanol–water partition coefficient (Wildman–Crippen LogP) is 4.61. The summed E-state index contributed by atoms with van der Waals surface area (Å²) in [5.74, 6) is -0.119. The summed E-state index contributed by atoms with van der Waals surface area (Å²) in [4.78, 5) is 16.6. The lowest BCUT2D eigenvalue weighted by Gasteiger charge is -2.09. The molecule has 0 radical (unpaired) electrons. The lowest BCUT2D eigenvalue weighted by atomic mass is 10.1. The molecule has 0 saturated heterocycles. The molecular weight excluding hydrogens is 357 g/mol. The molecule has 1 heterocycles. The molecule has 1 aromatic heterocycles. The first-order valence-corrected chi connectivity index (χ1v) is 8.97. The van der Waals surface area contributed by atoms with Crippen molar-refractivity contribution in [2.75, 3.05) is 0 Å². The van der Waals surface area contributed by atoms with Gasteiger partial charge in [0.25, 0.3) is 0 Å². The molecule has 3 aromatic rings. The van der Waals surface area contributed by atoms with E-state index < -0.39 is 0 Å². The minimum absolute atomic E-state index is 0.119. The number of fused-ring (bicyclic) bond motifs is 1. The van der Waals surface area contributed by atoms with Crippen LogP contribution in [0.25, 0.3) is 11.0 Å². The first kappa shape index (κ1) is 17.8. The lowest BCUT2D eigenvalue weighted by molar-refractivity contribution is -0.120. The molecule has 0 spiro atoms. The minimum atomic E-state index is -0.119. The van der Waals surface area contributed by atoms with Gasteiger partial charge < -0.3 is 9.88 Å². The van der Waals surface area contributed by atoms with Crippen LogP contribution in [0.3, 0.4) is 0 Å². The van der Waals surface area contributed by atoms with Crippen LogP contribution in [0, 0.1) is 0 Å². The number of carbonyl (C=O) groups is 1. The first-order valence-electron chi connectivity index (χ1n) is 8.22. The number of hydrogen-bond acceptors (Lipinski definition) is 2. The highest BCUT2D eigenvalue weighted by Gasteiger charge is 2.11. The van der Waals surface area contributed by atoms with Gasteiger partial charge in [0.05, 0.1) is 23.8 Å². The number of imidazole rings is 1. The van der Waals surface area contributed by atoms with E-state index in [0.29, 0.717) is 22.2 Å². The van der Waals surface area contributed by atoms with Gasteiger partial charge >= 0.3 is 0 Å². The highest BCUT2D eigenvalue weighted by atomic mass is 35.5. The number of hydrogen-bond donors (Lipinski definition) is 1. The van der Waals surface area contributed by atoms with Crippen molar-refractivity contribution < 1.29 is 4.79 Å². The number of halogens is 2. The Bertz CT molecular complexity index is 885. The molecule has 25 heavy (non-hydrogen) atoms. The Morgan fingerprint density at radius 3 is 2.68 bits per heavy atom. The Morgan fingerprint density at radius 2 is 1.96 bits per heavy atom. The van der Waals surface area contributed by atoms with Crippen LogP contribution in [-0.4, -0.2) is 15.5 Å². The number of benzene rings is 2. The van der Waals surface area contributed by atoms with Crippen molar-refractivity contribution in [3.63, 3.8) is 0 Å². The quantitative estimate of drug-likeness (QED) is 0.683. The molecule has 0 unspecified atom stereocenters. The van der Waals surface area contributed by atoms with Gasteiger partial charge in [0.15, 0.2) is 0 Å². The molecule has 1 amide bonds. The van der Waals surface area contributed by atoms with E-state index in [9.17, 15) is 4.79 Å². The number of rotatable bonds is 6. The van der Waals surface area contributed by atoms with Gasteiger partial charge in [-0.05, 0) is 41.8 Å². The van der Waals surface area contributed by atoms with Crippen LogP contribution in [0.2, 0.25) is 10.0 Å². The van der Waals surface area contributed by atoms with Gasteiger partial charge in [-0.1, -0.05) is 42.3 Å². The second kappa shape index (κ2) is 7.89. The standard InChI is InChI=1S/C19H19Cl2N3O/c1-2-8-24-12-23-17-9-13(6-7-18(17)24)11-22-19(25)10-14-15(20)4-3-5-16(14)21/h3-7,9,12H,2,8,10-11H2,1H3,(H,22,25). The summed E-state index contributed by atoms with van der Waals surface area (Å²) in [7, 11) is 0. The van der Waals surface area contributed by atoms with Crippen molar-refractivity contribution in [2.24, 2.45) is 0 Å². The Balaban J connectivity index is 1.65. The van der Waals surface area contributed by atoms with Crippen molar-refractivity contribution in [3.05, 3.63) is 63.9 Å². The third kappa shape index (κ3) is 4.14. The van der Waals surface area contributed by atoms with Crippen LogP contribution < -0.4 is 5.32 Å². The van der Waals surface area contributed by atoms with E-state index in [2.05, 4.69) is 21.8 Å². The number of aryl methyl sites for hydroxylation is 1. The van der Waals surface area contributed by atoms with E-state index >= 15 is 0 Å². The topological polar surface area (TPSA) is 46.9 Å². The van der Waals surface area contributed by atoms with Crippen molar-refractivity contribution in [2.45, 2.75) is 32.9 Å². The number of carbonyl (C=O) groups excluding carboxylic acids is 1. The van der Waals surface area contributed by atoms with Gasteiger partial charge in [-0.25, -0.2) is 4.98 Å². The lowest BCUT2D eigenvalue weighted by Crippen LogP contribution is -2.24. The summed E-state index contributed by atoms with van der Waals surface area (Å²) < 4.78 is 2.14. The molecular formula is C19H19Cl2N3O. The number of nitrogens with zero attached hydrogens (tertiary/aromatic N) is 2. The van der Waals surface area contributed by atoms with E-state index in [1.165, 1.54) is 0 Å². The molecule has 4 nitrogen and oxygen atoms in total. The summed E-state index contributed by atoms with van der Waals surface area (Å²) in [6, 6.07) is 11.3. The van der Waals surface area contributed by atoms with Gasteiger partial charge in [-0.15, -0.1) is 0 Å². The van der Waals surface area contributed by atoms with Crippen LogP contribution in [0.5, 0.6) is 0 Å². The Kier molecular flexibility index (Phi) is 5.61. The zero-order valence-electron chi connectivity index (χ0n) is 13.9. The maximum absolute atomic E-state index is 12.2. The highest BCUT2D eigenvalue weighted by Crippen LogP contribution is 2.24. The van der Waals surface area contributed by atoms with Crippen molar-refractivity contribution in [1.29, 1.82) is 0 Å².